The summed E-state index contributed by atoms with van der Waals surface area (Å²) in [5, 5.41) is 3.28. The van der Waals surface area contributed by atoms with E-state index in [0.717, 1.165) is 0 Å². The highest BCUT2D eigenvalue weighted by atomic mass is 14.9. The molecular weight excluding hydrogens is 74.1 g/mol. The van der Waals surface area contributed by atoms with Crippen molar-refractivity contribution in [2.45, 2.75) is 19.3 Å². The predicted octanol–water partition coefficient (Wildman–Crippen LogP) is -0.481. The van der Waals surface area contributed by atoms with Gasteiger partial charge in [-0.25, -0.2) is 0 Å². The van der Waals surface area contributed by atoms with Crippen molar-refractivity contribution in [2.24, 2.45) is 0 Å². The molecule has 0 aliphatic carbocycles. The lowest BCUT2D eigenvalue weighted by molar-refractivity contribution is -0.662. The van der Waals surface area contributed by atoms with Gasteiger partial charge in [0.25, 0.3) is 0 Å². The van der Waals surface area contributed by atoms with Crippen molar-refractivity contribution in [3.63, 3.8) is 0 Å². The maximum atomic E-state index is 3.28. The van der Waals surface area contributed by atoms with Gasteiger partial charge in [-0.05, 0) is 6.42 Å². The van der Waals surface area contributed by atoms with Crippen LogP contribution < -0.4 is 5.32 Å². The van der Waals surface area contributed by atoms with E-state index < -0.39 is 0 Å². The molecule has 1 rings (SSSR count). The van der Waals surface area contributed by atoms with Crippen LogP contribution >= 0.6 is 0 Å². The van der Waals surface area contributed by atoms with Crippen LogP contribution in [0.15, 0.2) is 0 Å². The quantitative estimate of drug-likeness (QED) is 0.409. The van der Waals surface area contributed by atoms with Crippen molar-refractivity contribution in [2.75, 3.05) is 13.1 Å². The maximum absolute atomic E-state index is 3.28. The first-order valence-corrected chi connectivity index (χ1v) is 2.71. The van der Waals surface area contributed by atoms with Crippen molar-refractivity contribution in [3.05, 3.63) is 0 Å². The minimum atomic E-state index is 1.25. The third-order valence-corrected chi connectivity index (χ3v) is 1.21. The molecule has 1 N–H and O–H groups in total. The SMILES string of the molecule is C1CC[NH+]CC1. The predicted molar refractivity (Wildman–Crippen MR) is 24.5 cm³/mol. The first-order chi connectivity index (χ1) is 3.00. The second-order valence-electron chi connectivity index (χ2n) is 1.81. The summed E-state index contributed by atoms with van der Waals surface area (Å²) in [6, 6.07) is 0. The summed E-state index contributed by atoms with van der Waals surface area (Å²) in [5.41, 5.74) is 0. The van der Waals surface area contributed by atoms with Crippen LogP contribution in [-0.2, 0) is 0 Å². The van der Waals surface area contributed by atoms with E-state index in [1.165, 1.54) is 32.4 Å². The summed E-state index contributed by atoms with van der Waals surface area (Å²) >= 11 is 0. The molecule has 6 heavy (non-hydrogen) atoms. The summed E-state index contributed by atoms with van der Waals surface area (Å²) < 4.78 is 0. The van der Waals surface area contributed by atoms with E-state index in [0.29, 0.717) is 0 Å². The van der Waals surface area contributed by atoms with Gasteiger partial charge in [0.1, 0.15) is 13.1 Å². The van der Waals surface area contributed by atoms with Crippen LogP contribution in [0, 0.1) is 0 Å². The Balaban J connectivity index is 2.00. The Hall–Kier alpha value is -0.0400. The Morgan fingerprint density at radius 2 is 1.50 bits per heavy atom. The fraction of sp³-hybridized carbons (Fsp3) is 1.00. The van der Waals surface area contributed by atoms with Gasteiger partial charge in [-0.3, -0.25) is 0 Å². The molecule has 1 radical (unpaired) electrons. The summed E-state index contributed by atoms with van der Waals surface area (Å²) in [6.45, 7) is 2.50. The van der Waals surface area contributed by atoms with Gasteiger partial charge >= 0.3 is 0 Å². The van der Waals surface area contributed by atoms with Crippen LogP contribution in [0.5, 0.6) is 0 Å². The normalized spacial score (nSPS) is 24.0. The summed E-state index contributed by atoms with van der Waals surface area (Å²) in [4.78, 5) is 0. The van der Waals surface area contributed by atoms with Crippen molar-refractivity contribution in [1.29, 1.82) is 0 Å². The maximum Gasteiger partial charge on any atom is 0.120 e. The number of piperidine rings is 1. The number of hydrogen-bond donors (Lipinski definition) is 1. The van der Waals surface area contributed by atoms with Crippen LogP contribution in [-0.4, -0.2) is 13.1 Å². The lowest BCUT2D eigenvalue weighted by Crippen LogP contribution is -2.85. The summed E-state index contributed by atoms with van der Waals surface area (Å²) in [5.74, 6) is 0. The van der Waals surface area contributed by atoms with E-state index in [1.807, 2.05) is 0 Å². The van der Waals surface area contributed by atoms with Gasteiger partial charge in [-0.1, -0.05) is 0 Å². The number of hydrogen-bond acceptors (Lipinski definition) is 1. The van der Waals surface area contributed by atoms with Gasteiger partial charge in [-0.2, -0.15) is 5.32 Å². The van der Waals surface area contributed by atoms with E-state index in [2.05, 4.69) is 5.32 Å². The van der Waals surface area contributed by atoms with E-state index in [-0.39, 0.29) is 0 Å². The molecule has 35 valence electrons. The van der Waals surface area contributed by atoms with Crippen molar-refractivity contribution in [3.8, 4) is 0 Å². The van der Waals surface area contributed by atoms with E-state index >= 15 is 0 Å². The fourth-order valence-corrected chi connectivity index (χ4v) is 0.802. The lowest BCUT2D eigenvalue weighted by atomic mass is 10.2. The van der Waals surface area contributed by atoms with E-state index in [1.54, 1.807) is 0 Å². The van der Waals surface area contributed by atoms with Crippen molar-refractivity contribution >= 4 is 0 Å². The number of rotatable bonds is 0. The molecule has 1 saturated heterocycles. The zero-order valence-electron chi connectivity index (χ0n) is 4.04. The monoisotopic (exact) mass is 85.1 g/mol. The molecule has 1 heteroatoms. The van der Waals surface area contributed by atoms with Gasteiger partial charge in [-0.15, -0.1) is 0 Å². The minimum absolute atomic E-state index is 1.25. The highest BCUT2D eigenvalue weighted by Gasteiger charge is 2.01. The van der Waals surface area contributed by atoms with E-state index in [9.17, 15) is 0 Å². The third kappa shape index (κ3) is 0.977. The smallest absolute Gasteiger partial charge is 0.120 e. The van der Waals surface area contributed by atoms with Crippen LogP contribution in [0.4, 0.5) is 0 Å². The molecule has 0 aromatic rings. The molecule has 1 nitrogen and oxygen atoms in total. The first kappa shape index (κ1) is 4.13. The van der Waals surface area contributed by atoms with E-state index in [4.69, 9.17) is 0 Å². The third-order valence-electron chi connectivity index (χ3n) is 1.21. The zero-order chi connectivity index (χ0) is 4.24. The lowest BCUT2D eigenvalue weighted by Gasteiger charge is -2.00. The van der Waals surface area contributed by atoms with Crippen LogP contribution in [0.1, 0.15) is 19.3 Å². The molecule has 0 aromatic carbocycles. The largest absolute Gasteiger partial charge is 0.182 e. The molecular formula is C5H11N+. The Morgan fingerprint density at radius 1 is 0.833 bits per heavy atom. The molecule has 0 unspecified atom stereocenters. The average molecular weight is 85.2 g/mol. The molecule has 0 spiro atoms. The Morgan fingerprint density at radius 3 is 1.67 bits per heavy atom. The topological polar surface area (TPSA) is 15.6 Å². The molecule has 1 aliphatic heterocycles. The summed E-state index contributed by atoms with van der Waals surface area (Å²) in [6.07, 6.45) is 4.22. The van der Waals surface area contributed by atoms with Crippen LogP contribution in [0.2, 0.25) is 0 Å². The molecule has 0 bridgehead atoms. The summed E-state index contributed by atoms with van der Waals surface area (Å²) in [7, 11) is 0. The molecule has 0 aromatic heterocycles. The highest BCUT2D eigenvalue weighted by molar-refractivity contribution is 4.40. The van der Waals surface area contributed by atoms with Gasteiger partial charge in [0.2, 0.25) is 0 Å². The zero-order valence-corrected chi connectivity index (χ0v) is 4.04. The van der Waals surface area contributed by atoms with Gasteiger partial charge in [0.15, 0.2) is 0 Å². The Bertz CT molecular complexity index is 19.4. The molecule has 1 fully saturated rings. The molecule has 1 heterocycles. The van der Waals surface area contributed by atoms with Gasteiger partial charge in [0, 0.05) is 12.8 Å². The van der Waals surface area contributed by atoms with Crippen LogP contribution in [0.25, 0.3) is 0 Å². The fourth-order valence-electron chi connectivity index (χ4n) is 0.802. The molecule has 0 saturated carbocycles. The second kappa shape index (κ2) is 2.19. The van der Waals surface area contributed by atoms with Gasteiger partial charge in [0.05, 0.1) is 0 Å². The molecule has 1 aliphatic rings. The van der Waals surface area contributed by atoms with Crippen LogP contribution in [0.3, 0.4) is 0 Å². The number of nitrogens with one attached hydrogen (secondary N) is 1. The van der Waals surface area contributed by atoms with Crippen molar-refractivity contribution in [1.82, 2.24) is 0 Å². The molecule has 0 amide bonds. The minimum Gasteiger partial charge on any atom is -0.182 e. The highest BCUT2D eigenvalue weighted by Crippen LogP contribution is 1.91. The molecule has 0 atom stereocenters. The van der Waals surface area contributed by atoms with Crippen molar-refractivity contribution < 1.29 is 5.32 Å². The van der Waals surface area contributed by atoms with Gasteiger partial charge < -0.3 is 0 Å². The standard InChI is InChI=1S/C5H11N/c1-2-4-6-5-3-1/h6H,1-5H2/q+1. The average Bonchev–Trinajstić information content (AvgIpc) is 1.72. The second-order valence-corrected chi connectivity index (χ2v) is 1.81. The Labute approximate surface area is 38.7 Å². The Kier molecular flexibility index (Phi) is 1.51. The first-order valence-electron chi connectivity index (χ1n) is 2.71.